The normalized spacial score (nSPS) is 18.3. The SMILES string of the molecule is Cc1ccc(N2C(=O)CSC2c2ccc(F)cc2)cc1C. The number of nitrogens with zero attached hydrogens (tertiary/aromatic N) is 1. The Bertz CT molecular complexity index is 684. The van der Waals surface area contributed by atoms with Crippen LogP contribution in [-0.4, -0.2) is 11.7 Å². The Kier molecular flexibility index (Phi) is 3.72. The molecule has 21 heavy (non-hydrogen) atoms. The third-order valence-electron chi connectivity index (χ3n) is 3.79. The summed E-state index contributed by atoms with van der Waals surface area (Å²) in [4.78, 5) is 14.1. The Morgan fingerprint density at radius 3 is 2.48 bits per heavy atom. The van der Waals surface area contributed by atoms with Gasteiger partial charge in [-0.25, -0.2) is 4.39 Å². The summed E-state index contributed by atoms with van der Waals surface area (Å²) in [6.45, 7) is 4.09. The predicted octanol–water partition coefficient (Wildman–Crippen LogP) is 4.22. The monoisotopic (exact) mass is 301 g/mol. The van der Waals surface area contributed by atoms with Gasteiger partial charge in [0.05, 0.1) is 5.75 Å². The van der Waals surface area contributed by atoms with Gasteiger partial charge in [0.1, 0.15) is 11.2 Å². The molecule has 1 atom stereocenters. The first-order valence-electron chi connectivity index (χ1n) is 6.82. The Morgan fingerprint density at radius 2 is 1.81 bits per heavy atom. The Balaban J connectivity index is 1.99. The maximum Gasteiger partial charge on any atom is 0.238 e. The van der Waals surface area contributed by atoms with E-state index in [2.05, 4.69) is 6.92 Å². The van der Waals surface area contributed by atoms with E-state index in [1.54, 1.807) is 23.9 Å². The van der Waals surface area contributed by atoms with Gasteiger partial charge in [-0.3, -0.25) is 9.69 Å². The molecule has 2 aromatic rings. The molecule has 0 aliphatic carbocycles. The van der Waals surface area contributed by atoms with E-state index in [4.69, 9.17) is 0 Å². The van der Waals surface area contributed by atoms with Crippen LogP contribution in [0.3, 0.4) is 0 Å². The van der Waals surface area contributed by atoms with Gasteiger partial charge in [-0.15, -0.1) is 11.8 Å². The number of carbonyl (C=O) groups excluding carboxylic acids is 1. The second-order valence-corrected chi connectivity index (χ2v) is 6.32. The van der Waals surface area contributed by atoms with E-state index in [9.17, 15) is 9.18 Å². The van der Waals surface area contributed by atoms with Crippen LogP contribution in [0.2, 0.25) is 0 Å². The van der Waals surface area contributed by atoms with E-state index < -0.39 is 0 Å². The third kappa shape index (κ3) is 2.68. The van der Waals surface area contributed by atoms with E-state index in [1.165, 1.54) is 17.7 Å². The van der Waals surface area contributed by atoms with E-state index >= 15 is 0 Å². The molecule has 3 rings (SSSR count). The molecule has 108 valence electrons. The molecule has 0 saturated carbocycles. The van der Waals surface area contributed by atoms with Crippen LogP contribution in [0.1, 0.15) is 22.1 Å². The number of rotatable bonds is 2. The van der Waals surface area contributed by atoms with Crippen LogP contribution < -0.4 is 4.90 Å². The zero-order valence-corrected chi connectivity index (χ0v) is 12.8. The third-order valence-corrected chi connectivity index (χ3v) is 5.00. The largest absolute Gasteiger partial charge is 0.295 e. The molecule has 2 nitrogen and oxygen atoms in total. The van der Waals surface area contributed by atoms with Gasteiger partial charge in [0.2, 0.25) is 5.91 Å². The zero-order valence-electron chi connectivity index (χ0n) is 12.0. The van der Waals surface area contributed by atoms with Gasteiger partial charge >= 0.3 is 0 Å². The molecule has 0 radical (unpaired) electrons. The molecule has 1 aliphatic rings. The van der Waals surface area contributed by atoms with Crippen LogP contribution in [0.5, 0.6) is 0 Å². The van der Waals surface area contributed by atoms with Crippen LogP contribution >= 0.6 is 11.8 Å². The summed E-state index contributed by atoms with van der Waals surface area (Å²) >= 11 is 1.58. The highest BCUT2D eigenvalue weighted by Crippen LogP contribution is 2.42. The number of benzene rings is 2. The van der Waals surface area contributed by atoms with E-state index in [0.717, 1.165) is 16.8 Å². The fourth-order valence-electron chi connectivity index (χ4n) is 2.45. The highest BCUT2D eigenvalue weighted by molar-refractivity contribution is 8.00. The number of carbonyl (C=O) groups is 1. The molecule has 0 N–H and O–H groups in total. The summed E-state index contributed by atoms with van der Waals surface area (Å²) < 4.78 is 13.1. The molecule has 1 saturated heterocycles. The lowest BCUT2D eigenvalue weighted by Gasteiger charge is -2.25. The average molecular weight is 301 g/mol. The number of thioether (sulfide) groups is 1. The molecule has 4 heteroatoms. The Labute approximate surface area is 128 Å². The maximum atomic E-state index is 13.1. The summed E-state index contributed by atoms with van der Waals surface area (Å²) in [5.74, 6) is 0.290. The highest BCUT2D eigenvalue weighted by Gasteiger charge is 2.34. The molecular formula is C17H16FNOS. The van der Waals surface area contributed by atoms with Crippen molar-refractivity contribution in [1.82, 2.24) is 0 Å². The number of halogens is 1. The Hall–Kier alpha value is -1.81. The maximum absolute atomic E-state index is 13.1. The van der Waals surface area contributed by atoms with Crippen LogP contribution in [-0.2, 0) is 4.79 Å². The lowest BCUT2D eigenvalue weighted by Crippen LogP contribution is -2.27. The molecule has 2 aromatic carbocycles. The van der Waals surface area contributed by atoms with Crippen molar-refractivity contribution >= 4 is 23.4 Å². The van der Waals surface area contributed by atoms with Crippen LogP contribution in [0.4, 0.5) is 10.1 Å². The van der Waals surface area contributed by atoms with Crippen LogP contribution in [0.25, 0.3) is 0 Å². The first-order chi connectivity index (χ1) is 10.1. The molecule has 1 aliphatic heterocycles. The minimum absolute atomic E-state index is 0.0831. The van der Waals surface area contributed by atoms with Gasteiger partial charge < -0.3 is 0 Å². The second kappa shape index (κ2) is 5.53. The summed E-state index contributed by atoms with van der Waals surface area (Å²) in [6.07, 6.45) is 0. The minimum atomic E-state index is -0.259. The lowest BCUT2D eigenvalue weighted by atomic mass is 10.1. The van der Waals surface area contributed by atoms with Crippen molar-refractivity contribution < 1.29 is 9.18 Å². The number of hydrogen-bond donors (Lipinski definition) is 0. The molecule has 1 fully saturated rings. The van der Waals surface area contributed by atoms with Gasteiger partial charge in [0, 0.05) is 5.69 Å². The van der Waals surface area contributed by atoms with E-state index in [1.807, 2.05) is 30.0 Å². The standard InChI is InChI=1S/C17H16FNOS/c1-11-3-8-15(9-12(11)2)19-16(20)10-21-17(19)13-4-6-14(18)7-5-13/h3-9,17H,10H2,1-2H3. The van der Waals surface area contributed by atoms with Crippen molar-refractivity contribution in [3.8, 4) is 0 Å². The van der Waals surface area contributed by atoms with Crippen LogP contribution in [0, 0.1) is 19.7 Å². The summed E-state index contributed by atoms with van der Waals surface area (Å²) in [5, 5.41) is -0.0831. The molecule has 1 heterocycles. The highest BCUT2D eigenvalue weighted by atomic mass is 32.2. The van der Waals surface area contributed by atoms with Crippen molar-refractivity contribution in [2.75, 3.05) is 10.7 Å². The van der Waals surface area contributed by atoms with Gasteiger partial charge in [-0.1, -0.05) is 18.2 Å². The zero-order chi connectivity index (χ0) is 15.0. The van der Waals surface area contributed by atoms with Crippen molar-refractivity contribution in [1.29, 1.82) is 0 Å². The Morgan fingerprint density at radius 1 is 1.10 bits per heavy atom. The topological polar surface area (TPSA) is 20.3 Å². The van der Waals surface area contributed by atoms with Gasteiger partial charge in [-0.2, -0.15) is 0 Å². The molecule has 0 aromatic heterocycles. The second-order valence-electron chi connectivity index (χ2n) is 5.25. The van der Waals surface area contributed by atoms with E-state index in [0.29, 0.717) is 5.75 Å². The number of anilines is 1. The quantitative estimate of drug-likeness (QED) is 0.827. The smallest absolute Gasteiger partial charge is 0.238 e. The molecular weight excluding hydrogens is 285 g/mol. The fourth-order valence-corrected chi connectivity index (χ4v) is 3.63. The fraction of sp³-hybridized carbons (Fsp3) is 0.235. The van der Waals surface area contributed by atoms with Crippen molar-refractivity contribution in [2.45, 2.75) is 19.2 Å². The molecule has 0 spiro atoms. The predicted molar refractivity (Wildman–Crippen MR) is 85.0 cm³/mol. The average Bonchev–Trinajstić information content (AvgIpc) is 2.85. The summed E-state index contributed by atoms with van der Waals surface area (Å²) in [7, 11) is 0. The molecule has 0 bridgehead atoms. The van der Waals surface area contributed by atoms with E-state index in [-0.39, 0.29) is 17.1 Å². The number of amides is 1. The number of aryl methyl sites for hydroxylation is 2. The first kappa shape index (κ1) is 14.1. The van der Waals surface area contributed by atoms with Gasteiger partial charge in [-0.05, 0) is 54.8 Å². The van der Waals surface area contributed by atoms with Crippen molar-refractivity contribution in [2.24, 2.45) is 0 Å². The van der Waals surface area contributed by atoms with Gasteiger partial charge in [0.25, 0.3) is 0 Å². The van der Waals surface area contributed by atoms with Gasteiger partial charge in [0.15, 0.2) is 0 Å². The lowest BCUT2D eigenvalue weighted by molar-refractivity contribution is -0.115. The van der Waals surface area contributed by atoms with Crippen molar-refractivity contribution in [3.63, 3.8) is 0 Å². The summed E-state index contributed by atoms with van der Waals surface area (Å²) in [5.41, 5.74) is 4.22. The van der Waals surface area contributed by atoms with Crippen LogP contribution in [0.15, 0.2) is 42.5 Å². The first-order valence-corrected chi connectivity index (χ1v) is 7.87. The summed E-state index contributed by atoms with van der Waals surface area (Å²) in [6, 6.07) is 12.4. The number of hydrogen-bond acceptors (Lipinski definition) is 2. The molecule has 1 amide bonds. The molecule has 1 unspecified atom stereocenters. The minimum Gasteiger partial charge on any atom is -0.295 e. The van der Waals surface area contributed by atoms with Crippen molar-refractivity contribution in [3.05, 3.63) is 65.0 Å².